The minimum absolute atomic E-state index is 0.422. The van der Waals surface area contributed by atoms with Gasteiger partial charge in [0.1, 0.15) is 0 Å². The van der Waals surface area contributed by atoms with Crippen LogP contribution in [0.15, 0.2) is 12.2 Å². The van der Waals surface area contributed by atoms with Crippen LogP contribution in [0.1, 0.15) is 75.7 Å². The number of hydrogen-bond acceptors (Lipinski definition) is 0. The van der Waals surface area contributed by atoms with E-state index >= 15 is 0 Å². The van der Waals surface area contributed by atoms with Crippen LogP contribution in [0.2, 0.25) is 0 Å². The van der Waals surface area contributed by atoms with Crippen LogP contribution in [0.25, 0.3) is 0 Å². The first-order chi connectivity index (χ1) is 6.67. The van der Waals surface area contributed by atoms with Crippen molar-refractivity contribution in [2.75, 3.05) is 0 Å². The van der Waals surface area contributed by atoms with Gasteiger partial charge in [-0.15, -0.1) is 6.58 Å². The van der Waals surface area contributed by atoms with Gasteiger partial charge in [-0.05, 0) is 29.6 Å². The van der Waals surface area contributed by atoms with Crippen LogP contribution < -0.4 is 0 Å². The minimum Gasteiger partial charge on any atom is -0.100 e. The van der Waals surface area contributed by atoms with E-state index in [4.69, 9.17) is 0 Å². The van der Waals surface area contributed by atoms with Gasteiger partial charge < -0.3 is 0 Å². The maximum atomic E-state index is 3.84. The van der Waals surface area contributed by atoms with E-state index in [0.29, 0.717) is 16.2 Å². The highest BCUT2D eigenvalue weighted by molar-refractivity contribution is 4.92. The maximum Gasteiger partial charge on any atom is -0.0277 e. The molecule has 0 heterocycles. The van der Waals surface area contributed by atoms with E-state index in [0.717, 1.165) is 6.42 Å². The van der Waals surface area contributed by atoms with E-state index in [1.165, 1.54) is 5.57 Å². The first-order valence-electron chi connectivity index (χ1n) is 6.31. The Balaban J connectivity index is 0. The molecule has 0 aliphatic heterocycles. The van der Waals surface area contributed by atoms with Gasteiger partial charge >= 0.3 is 0 Å². The Morgan fingerprint density at radius 2 is 1.00 bits per heavy atom. The van der Waals surface area contributed by atoms with Crippen molar-refractivity contribution in [2.45, 2.75) is 75.7 Å². The summed E-state index contributed by atoms with van der Waals surface area (Å²) in [6, 6.07) is 0. The van der Waals surface area contributed by atoms with Gasteiger partial charge in [0.05, 0.1) is 0 Å². The third-order valence-electron chi connectivity index (χ3n) is 3.08. The summed E-state index contributed by atoms with van der Waals surface area (Å²) in [4.78, 5) is 0. The highest BCUT2D eigenvalue weighted by Crippen LogP contribution is 2.36. The highest BCUT2D eigenvalue weighted by atomic mass is 14.3. The van der Waals surface area contributed by atoms with Crippen molar-refractivity contribution in [3.63, 3.8) is 0 Å². The molecule has 0 amide bonds. The highest BCUT2D eigenvalue weighted by Gasteiger charge is 2.26. The standard InChI is InChI=1S/C8H16.C8H18/c1-7(2)6-8(3,4)5;1-7(2,3)8(4,5)6/h1,6H2,2-5H3;1-6H3. The monoisotopic (exact) mass is 226 g/mol. The molecule has 98 valence electrons. The summed E-state index contributed by atoms with van der Waals surface area (Å²) in [5.41, 5.74) is 2.57. The third kappa shape index (κ3) is 11.8. The molecule has 0 spiro atoms. The first-order valence-corrected chi connectivity index (χ1v) is 6.31. The Morgan fingerprint density at radius 3 is 1.00 bits per heavy atom. The van der Waals surface area contributed by atoms with Gasteiger partial charge in [-0.3, -0.25) is 0 Å². The minimum atomic E-state index is 0.422. The molecule has 0 saturated carbocycles. The van der Waals surface area contributed by atoms with E-state index in [9.17, 15) is 0 Å². The molecule has 0 saturated heterocycles. The molecule has 0 bridgehead atoms. The fourth-order valence-corrected chi connectivity index (χ4v) is 0.905. The second-order valence-corrected chi connectivity index (χ2v) is 8.19. The number of allylic oxidation sites excluding steroid dienone is 1. The van der Waals surface area contributed by atoms with Crippen molar-refractivity contribution in [1.29, 1.82) is 0 Å². The van der Waals surface area contributed by atoms with Crippen LogP contribution in [0, 0.1) is 16.2 Å². The predicted octanol–water partition coefficient (Wildman–Crippen LogP) is 6.08. The smallest absolute Gasteiger partial charge is 0.0277 e. The third-order valence-corrected chi connectivity index (χ3v) is 3.08. The van der Waals surface area contributed by atoms with Crippen molar-refractivity contribution in [3.8, 4) is 0 Å². The fourth-order valence-electron chi connectivity index (χ4n) is 0.905. The Morgan fingerprint density at radius 1 is 0.750 bits per heavy atom. The molecule has 16 heavy (non-hydrogen) atoms. The van der Waals surface area contributed by atoms with Crippen LogP contribution in [0.4, 0.5) is 0 Å². The second-order valence-electron chi connectivity index (χ2n) is 8.19. The Labute approximate surface area is 105 Å². The average Bonchev–Trinajstić information content (AvgIpc) is 1.74. The fraction of sp³-hybridized carbons (Fsp3) is 0.875. The molecule has 0 aliphatic rings. The molecule has 0 N–H and O–H groups in total. The predicted molar refractivity (Wildman–Crippen MR) is 77.8 cm³/mol. The molecule has 0 heteroatoms. The average molecular weight is 226 g/mol. The summed E-state index contributed by atoms with van der Waals surface area (Å²) >= 11 is 0. The van der Waals surface area contributed by atoms with Crippen molar-refractivity contribution in [1.82, 2.24) is 0 Å². The number of hydrogen-bond donors (Lipinski definition) is 0. The quantitative estimate of drug-likeness (QED) is 0.475. The van der Waals surface area contributed by atoms with Gasteiger partial charge in [-0.2, -0.15) is 0 Å². The Kier molecular flexibility index (Phi) is 6.67. The lowest BCUT2D eigenvalue weighted by Crippen LogP contribution is -2.25. The van der Waals surface area contributed by atoms with Crippen LogP contribution in [-0.2, 0) is 0 Å². The van der Waals surface area contributed by atoms with Gasteiger partial charge in [0.15, 0.2) is 0 Å². The summed E-state index contributed by atoms with van der Waals surface area (Å²) in [6.07, 6.45) is 1.13. The molecular formula is C16H34. The zero-order valence-corrected chi connectivity index (χ0v) is 13.4. The van der Waals surface area contributed by atoms with Gasteiger partial charge in [0.2, 0.25) is 0 Å². The molecule has 0 aliphatic carbocycles. The Bertz CT molecular complexity index is 188. The lowest BCUT2D eigenvalue weighted by Gasteiger charge is -2.34. The van der Waals surface area contributed by atoms with Gasteiger partial charge in [0.25, 0.3) is 0 Å². The van der Waals surface area contributed by atoms with Crippen molar-refractivity contribution in [3.05, 3.63) is 12.2 Å². The molecule has 0 radical (unpaired) electrons. The van der Waals surface area contributed by atoms with E-state index in [1.807, 2.05) is 0 Å². The van der Waals surface area contributed by atoms with Crippen LogP contribution >= 0.6 is 0 Å². The van der Waals surface area contributed by atoms with Crippen molar-refractivity contribution < 1.29 is 0 Å². The molecule has 0 rings (SSSR count). The summed E-state index contributed by atoms with van der Waals surface area (Å²) in [7, 11) is 0. The molecule has 0 nitrogen and oxygen atoms in total. The molecule has 0 unspecified atom stereocenters. The second kappa shape index (κ2) is 5.89. The van der Waals surface area contributed by atoms with Crippen molar-refractivity contribution in [2.24, 2.45) is 16.2 Å². The molecule has 0 aromatic carbocycles. The van der Waals surface area contributed by atoms with Crippen LogP contribution in [0.3, 0.4) is 0 Å². The maximum absolute atomic E-state index is 3.84. The largest absolute Gasteiger partial charge is 0.100 e. The van der Waals surface area contributed by atoms with Gasteiger partial charge in [0, 0.05) is 0 Å². The van der Waals surface area contributed by atoms with E-state index in [-0.39, 0.29) is 0 Å². The molecule has 0 atom stereocenters. The molecular weight excluding hydrogens is 192 g/mol. The molecule has 0 fully saturated rings. The van der Waals surface area contributed by atoms with E-state index < -0.39 is 0 Å². The topological polar surface area (TPSA) is 0 Å². The lowest BCUT2D eigenvalue weighted by molar-refractivity contribution is 0.157. The summed E-state index contributed by atoms with van der Waals surface area (Å²) in [5, 5.41) is 0. The summed E-state index contributed by atoms with van der Waals surface area (Å²) < 4.78 is 0. The van der Waals surface area contributed by atoms with E-state index in [2.05, 4.69) is 75.8 Å². The van der Waals surface area contributed by atoms with Gasteiger partial charge in [-0.1, -0.05) is 67.9 Å². The van der Waals surface area contributed by atoms with E-state index in [1.54, 1.807) is 0 Å². The van der Waals surface area contributed by atoms with Crippen molar-refractivity contribution >= 4 is 0 Å². The zero-order chi connectivity index (χ0) is 13.8. The van der Waals surface area contributed by atoms with Crippen LogP contribution in [0.5, 0.6) is 0 Å². The normalized spacial score (nSPS) is 12.9. The molecule has 0 aromatic heterocycles. The van der Waals surface area contributed by atoms with Gasteiger partial charge in [-0.25, -0.2) is 0 Å². The zero-order valence-electron chi connectivity index (χ0n) is 13.4. The lowest BCUT2D eigenvalue weighted by atomic mass is 9.71. The van der Waals surface area contributed by atoms with Crippen LogP contribution in [-0.4, -0.2) is 0 Å². The number of rotatable bonds is 1. The summed E-state index contributed by atoms with van der Waals surface area (Å²) in [5.74, 6) is 0. The first kappa shape index (κ1) is 18.1. The molecule has 0 aromatic rings. The Hall–Kier alpha value is -0.260. The summed E-state index contributed by atoms with van der Waals surface area (Å²) in [6.45, 7) is 26.2. The SMILES string of the molecule is C=C(C)CC(C)(C)C.CC(C)(C)C(C)(C)C.